The van der Waals surface area contributed by atoms with Gasteiger partial charge in [0.1, 0.15) is 0 Å². The zero-order chi connectivity index (χ0) is 20.6. The lowest BCUT2D eigenvalue weighted by atomic mass is 10.0. The molecule has 0 spiro atoms. The summed E-state index contributed by atoms with van der Waals surface area (Å²) in [5, 5.41) is 0. The maximum atomic E-state index is 12.1. The van der Waals surface area contributed by atoms with Crippen LogP contribution in [0.5, 0.6) is 0 Å². The molecule has 0 saturated carbocycles. The van der Waals surface area contributed by atoms with Gasteiger partial charge in [-0.25, -0.2) is 0 Å². The highest BCUT2D eigenvalue weighted by atomic mass is 16.5. The van der Waals surface area contributed by atoms with Gasteiger partial charge >= 0.3 is 0 Å². The number of nitrogens with one attached hydrogen (secondary N) is 2. The topological polar surface area (TPSA) is 70.7 Å². The molecule has 3 rings (SSSR count). The van der Waals surface area contributed by atoms with Crippen molar-refractivity contribution in [3.8, 4) is 11.1 Å². The first kappa shape index (κ1) is 21.0. The molecule has 6 heteroatoms. The van der Waals surface area contributed by atoms with E-state index in [2.05, 4.69) is 27.9 Å². The van der Waals surface area contributed by atoms with E-state index >= 15 is 0 Å². The lowest BCUT2D eigenvalue weighted by Crippen LogP contribution is -2.47. The van der Waals surface area contributed by atoms with Gasteiger partial charge in [0.25, 0.3) is 0 Å². The predicted molar refractivity (Wildman–Crippen MR) is 113 cm³/mol. The van der Waals surface area contributed by atoms with Crippen LogP contribution in [-0.4, -0.2) is 48.6 Å². The molecular formula is C23H29N3O3. The van der Waals surface area contributed by atoms with Crippen LogP contribution in [0.2, 0.25) is 0 Å². The standard InChI is InChI=1S/C23H29N3O3/c1-17-15-26(16-18(2)29-17)13-12-22(27)24-25-23(28)14-19-8-10-21(11-9-19)20-6-4-3-5-7-20/h3-11,17-18H,12-16H2,1-2H3,(H,24,27)(H,25,28). The Morgan fingerprint density at radius 1 is 0.897 bits per heavy atom. The number of benzene rings is 2. The average molecular weight is 396 g/mol. The molecule has 1 fully saturated rings. The molecule has 2 N–H and O–H groups in total. The van der Waals surface area contributed by atoms with Crippen molar-refractivity contribution in [3.05, 3.63) is 60.2 Å². The van der Waals surface area contributed by atoms with Crippen LogP contribution in [0.1, 0.15) is 25.8 Å². The van der Waals surface area contributed by atoms with Crippen molar-refractivity contribution >= 4 is 11.8 Å². The van der Waals surface area contributed by atoms with Crippen LogP contribution in [0.4, 0.5) is 0 Å². The van der Waals surface area contributed by atoms with Crippen LogP contribution >= 0.6 is 0 Å². The fraction of sp³-hybridized carbons (Fsp3) is 0.391. The first-order chi connectivity index (χ1) is 14.0. The number of carbonyl (C=O) groups excluding carboxylic acids is 2. The molecule has 0 radical (unpaired) electrons. The molecule has 1 aliphatic heterocycles. The minimum atomic E-state index is -0.237. The molecular weight excluding hydrogens is 366 g/mol. The molecule has 29 heavy (non-hydrogen) atoms. The van der Waals surface area contributed by atoms with Crippen molar-refractivity contribution in [2.24, 2.45) is 0 Å². The predicted octanol–water partition coefficient (Wildman–Crippen LogP) is 2.54. The van der Waals surface area contributed by atoms with E-state index in [0.29, 0.717) is 13.0 Å². The minimum absolute atomic E-state index is 0.176. The number of hydrazine groups is 1. The molecule has 2 aromatic rings. The normalized spacial score (nSPS) is 19.5. The SMILES string of the molecule is CC1CN(CCC(=O)NNC(=O)Cc2ccc(-c3ccccc3)cc2)CC(C)O1. The maximum absolute atomic E-state index is 12.1. The van der Waals surface area contributed by atoms with Crippen molar-refractivity contribution in [2.75, 3.05) is 19.6 Å². The molecule has 1 aliphatic rings. The molecule has 2 unspecified atom stereocenters. The van der Waals surface area contributed by atoms with Crippen molar-refractivity contribution < 1.29 is 14.3 Å². The Morgan fingerprint density at radius 2 is 1.48 bits per heavy atom. The molecule has 0 bridgehead atoms. The van der Waals surface area contributed by atoms with Crippen molar-refractivity contribution in [3.63, 3.8) is 0 Å². The quantitative estimate of drug-likeness (QED) is 0.738. The molecule has 2 atom stereocenters. The molecule has 1 saturated heterocycles. The van der Waals surface area contributed by atoms with Gasteiger partial charge in [0, 0.05) is 26.1 Å². The smallest absolute Gasteiger partial charge is 0.242 e. The van der Waals surface area contributed by atoms with Gasteiger partial charge in [-0.2, -0.15) is 0 Å². The Bertz CT molecular complexity index is 798. The zero-order valence-corrected chi connectivity index (χ0v) is 17.1. The van der Waals surface area contributed by atoms with Gasteiger partial charge in [0.15, 0.2) is 0 Å². The van der Waals surface area contributed by atoms with Crippen LogP contribution < -0.4 is 10.9 Å². The van der Waals surface area contributed by atoms with Gasteiger partial charge in [-0.3, -0.25) is 25.3 Å². The molecule has 1 heterocycles. The monoisotopic (exact) mass is 395 g/mol. The second-order valence-electron chi connectivity index (χ2n) is 7.60. The largest absolute Gasteiger partial charge is 0.373 e. The zero-order valence-electron chi connectivity index (χ0n) is 17.1. The summed E-state index contributed by atoms with van der Waals surface area (Å²) in [4.78, 5) is 26.4. The van der Waals surface area contributed by atoms with E-state index in [1.54, 1.807) is 0 Å². The Kier molecular flexibility index (Phi) is 7.38. The maximum Gasteiger partial charge on any atom is 0.242 e. The van der Waals surface area contributed by atoms with E-state index in [4.69, 9.17) is 4.74 Å². The summed E-state index contributed by atoms with van der Waals surface area (Å²) < 4.78 is 5.69. The third-order valence-electron chi connectivity index (χ3n) is 4.92. The first-order valence-corrected chi connectivity index (χ1v) is 10.1. The number of amides is 2. The lowest BCUT2D eigenvalue weighted by Gasteiger charge is -2.35. The fourth-order valence-corrected chi connectivity index (χ4v) is 3.60. The number of hydrogen-bond donors (Lipinski definition) is 2. The Labute approximate surface area is 172 Å². The second-order valence-corrected chi connectivity index (χ2v) is 7.60. The number of carbonyl (C=O) groups is 2. The van der Waals surface area contributed by atoms with E-state index in [9.17, 15) is 9.59 Å². The number of nitrogens with zero attached hydrogens (tertiary/aromatic N) is 1. The summed E-state index contributed by atoms with van der Waals surface area (Å²) in [7, 11) is 0. The van der Waals surface area contributed by atoms with Crippen LogP contribution in [0.3, 0.4) is 0 Å². The molecule has 0 aromatic heterocycles. The summed E-state index contributed by atoms with van der Waals surface area (Å²) in [6.45, 7) is 6.37. The van der Waals surface area contributed by atoms with Crippen LogP contribution in [-0.2, 0) is 20.7 Å². The number of morpholine rings is 1. The van der Waals surface area contributed by atoms with E-state index in [1.807, 2.05) is 56.3 Å². The lowest BCUT2D eigenvalue weighted by molar-refractivity contribution is -0.129. The number of hydrogen-bond acceptors (Lipinski definition) is 4. The number of rotatable bonds is 6. The summed E-state index contributed by atoms with van der Waals surface area (Å²) in [5.41, 5.74) is 8.15. The third kappa shape index (κ3) is 6.69. The van der Waals surface area contributed by atoms with Crippen molar-refractivity contribution in [2.45, 2.75) is 38.9 Å². The molecule has 154 valence electrons. The summed E-state index contributed by atoms with van der Waals surface area (Å²) >= 11 is 0. The molecule has 2 amide bonds. The second kappa shape index (κ2) is 10.2. The van der Waals surface area contributed by atoms with Crippen LogP contribution in [0.15, 0.2) is 54.6 Å². The summed E-state index contributed by atoms with van der Waals surface area (Å²) in [6.07, 6.45) is 0.906. The van der Waals surface area contributed by atoms with E-state index in [1.165, 1.54) is 0 Å². The first-order valence-electron chi connectivity index (χ1n) is 10.1. The van der Waals surface area contributed by atoms with E-state index < -0.39 is 0 Å². The van der Waals surface area contributed by atoms with Crippen molar-refractivity contribution in [1.82, 2.24) is 15.8 Å². The molecule has 0 aliphatic carbocycles. The average Bonchev–Trinajstić information content (AvgIpc) is 2.71. The molecule has 2 aromatic carbocycles. The van der Waals surface area contributed by atoms with E-state index in [0.717, 1.165) is 29.8 Å². The third-order valence-corrected chi connectivity index (χ3v) is 4.92. The minimum Gasteiger partial charge on any atom is -0.373 e. The van der Waals surface area contributed by atoms with Crippen LogP contribution in [0.25, 0.3) is 11.1 Å². The van der Waals surface area contributed by atoms with Gasteiger partial charge in [-0.15, -0.1) is 0 Å². The number of ether oxygens (including phenoxy) is 1. The van der Waals surface area contributed by atoms with Gasteiger partial charge < -0.3 is 4.74 Å². The van der Waals surface area contributed by atoms with Gasteiger partial charge in [0.05, 0.1) is 18.6 Å². The van der Waals surface area contributed by atoms with Crippen LogP contribution in [0, 0.1) is 0 Å². The highest BCUT2D eigenvalue weighted by Crippen LogP contribution is 2.19. The van der Waals surface area contributed by atoms with Crippen molar-refractivity contribution in [1.29, 1.82) is 0 Å². The highest BCUT2D eigenvalue weighted by molar-refractivity contribution is 5.83. The Morgan fingerprint density at radius 3 is 2.14 bits per heavy atom. The van der Waals surface area contributed by atoms with Gasteiger partial charge in [-0.05, 0) is 30.5 Å². The van der Waals surface area contributed by atoms with Gasteiger partial charge in [-0.1, -0.05) is 54.6 Å². The summed E-state index contributed by atoms with van der Waals surface area (Å²) in [5.74, 6) is -0.427. The van der Waals surface area contributed by atoms with E-state index in [-0.39, 0.29) is 30.4 Å². The highest BCUT2D eigenvalue weighted by Gasteiger charge is 2.22. The Balaban J connectivity index is 1.38. The van der Waals surface area contributed by atoms with Gasteiger partial charge in [0.2, 0.25) is 11.8 Å². The Hall–Kier alpha value is -2.70. The molecule has 6 nitrogen and oxygen atoms in total. The fourth-order valence-electron chi connectivity index (χ4n) is 3.60. The summed E-state index contributed by atoms with van der Waals surface area (Å²) in [6, 6.07) is 18.0.